The third-order valence-corrected chi connectivity index (χ3v) is 2.85. The number of methoxy groups -OCH3 is 2. The Morgan fingerprint density at radius 1 is 1.32 bits per heavy atom. The Bertz CT molecular complexity index is 387. The van der Waals surface area contributed by atoms with Crippen LogP contribution in [0.25, 0.3) is 0 Å². The highest BCUT2D eigenvalue weighted by atomic mass is 16.5. The van der Waals surface area contributed by atoms with Gasteiger partial charge in [0.15, 0.2) is 0 Å². The number of ether oxygens (including phenoxy) is 2. The lowest BCUT2D eigenvalue weighted by molar-refractivity contribution is 0.170. The van der Waals surface area contributed by atoms with E-state index < -0.39 is 0 Å². The number of anilines is 2. The summed E-state index contributed by atoms with van der Waals surface area (Å²) in [5, 5.41) is 3.05. The molecule has 1 rings (SSSR count). The fourth-order valence-corrected chi connectivity index (χ4v) is 1.91. The highest BCUT2D eigenvalue weighted by Crippen LogP contribution is 2.18. The number of nitrogens with zero attached hydrogens (tertiary/aromatic N) is 3. The fourth-order valence-electron chi connectivity index (χ4n) is 1.91. The summed E-state index contributed by atoms with van der Waals surface area (Å²) in [4.78, 5) is 11.0. The average Bonchev–Trinajstić information content (AvgIpc) is 2.39. The summed E-state index contributed by atoms with van der Waals surface area (Å²) in [6, 6.07) is 2.16. The minimum absolute atomic E-state index is 0.221. The summed E-state index contributed by atoms with van der Waals surface area (Å²) >= 11 is 0. The molecule has 1 aromatic rings. The van der Waals surface area contributed by atoms with Crippen LogP contribution in [0, 0.1) is 6.92 Å². The Balaban J connectivity index is 2.97. The summed E-state index contributed by atoms with van der Waals surface area (Å²) in [5.41, 5.74) is 0. The van der Waals surface area contributed by atoms with Gasteiger partial charge in [-0.05, 0) is 13.8 Å². The monoisotopic (exact) mass is 268 g/mol. The zero-order valence-corrected chi connectivity index (χ0v) is 12.4. The summed E-state index contributed by atoms with van der Waals surface area (Å²) in [5.74, 6) is 2.45. The molecule has 0 spiro atoms. The lowest BCUT2D eigenvalue weighted by Gasteiger charge is -2.30. The van der Waals surface area contributed by atoms with E-state index in [9.17, 15) is 0 Å². The third kappa shape index (κ3) is 4.65. The van der Waals surface area contributed by atoms with Gasteiger partial charge in [0.05, 0.1) is 19.3 Å². The van der Waals surface area contributed by atoms with Crippen molar-refractivity contribution >= 4 is 11.6 Å². The van der Waals surface area contributed by atoms with Crippen LogP contribution in [-0.4, -0.2) is 57.0 Å². The second-order valence-corrected chi connectivity index (χ2v) is 4.40. The molecule has 0 amide bonds. The Hall–Kier alpha value is -1.40. The van der Waals surface area contributed by atoms with Gasteiger partial charge in [0.1, 0.15) is 17.5 Å². The van der Waals surface area contributed by atoms with Crippen molar-refractivity contribution in [2.24, 2.45) is 0 Å². The van der Waals surface area contributed by atoms with E-state index >= 15 is 0 Å². The summed E-state index contributed by atoms with van der Waals surface area (Å²) in [6.07, 6.45) is 0. The van der Waals surface area contributed by atoms with Crippen LogP contribution in [-0.2, 0) is 9.47 Å². The van der Waals surface area contributed by atoms with Gasteiger partial charge in [-0.1, -0.05) is 0 Å². The number of hydrogen-bond acceptors (Lipinski definition) is 6. The molecule has 6 nitrogen and oxygen atoms in total. The molecule has 1 N–H and O–H groups in total. The SMILES string of the molecule is CNc1cc(N(CCOC)C(C)COC)nc(C)n1. The summed E-state index contributed by atoms with van der Waals surface area (Å²) < 4.78 is 10.4. The van der Waals surface area contributed by atoms with Crippen LogP contribution in [0.15, 0.2) is 6.07 Å². The molecular weight excluding hydrogens is 244 g/mol. The van der Waals surface area contributed by atoms with Crippen LogP contribution < -0.4 is 10.2 Å². The Kier molecular flexibility index (Phi) is 6.52. The Morgan fingerprint density at radius 2 is 2.05 bits per heavy atom. The van der Waals surface area contributed by atoms with Crippen molar-refractivity contribution in [3.63, 3.8) is 0 Å². The van der Waals surface area contributed by atoms with Gasteiger partial charge in [-0.25, -0.2) is 9.97 Å². The largest absolute Gasteiger partial charge is 0.383 e. The predicted molar refractivity (Wildman–Crippen MR) is 76.9 cm³/mol. The van der Waals surface area contributed by atoms with Crippen molar-refractivity contribution < 1.29 is 9.47 Å². The number of hydrogen-bond donors (Lipinski definition) is 1. The first kappa shape index (κ1) is 15.7. The van der Waals surface area contributed by atoms with Crippen LogP contribution in [0.3, 0.4) is 0 Å². The van der Waals surface area contributed by atoms with Gasteiger partial charge in [-0.15, -0.1) is 0 Å². The van der Waals surface area contributed by atoms with Crippen molar-refractivity contribution in [3.05, 3.63) is 11.9 Å². The Morgan fingerprint density at radius 3 is 2.63 bits per heavy atom. The van der Waals surface area contributed by atoms with Gasteiger partial charge >= 0.3 is 0 Å². The zero-order chi connectivity index (χ0) is 14.3. The second-order valence-electron chi connectivity index (χ2n) is 4.40. The molecule has 19 heavy (non-hydrogen) atoms. The van der Waals surface area contributed by atoms with E-state index in [1.807, 2.05) is 20.0 Å². The Labute approximate surface area is 115 Å². The first-order chi connectivity index (χ1) is 9.12. The van der Waals surface area contributed by atoms with Gasteiger partial charge < -0.3 is 19.7 Å². The molecule has 0 aromatic carbocycles. The van der Waals surface area contributed by atoms with Crippen molar-refractivity contribution in [1.29, 1.82) is 0 Å². The van der Waals surface area contributed by atoms with Crippen molar-refractivity contribution in [2.75, 3.05) is 51.2 Å². The van der Waals surface area contributed by atoms with Crippen LogP contribution >= 0.6 is 0 Å². The van der Waals surface area contributed by atoms with E-state index in [0.717, 1.165) is 24.0 Å². The molecule has 0 bridgehead atoms. The first-order valence-electron chi connectivity index (χ1n) is 6.40. The van der Waals surface area contributed by atoms with Crippen LogP contribution in [0.2, 0.25) is 0 Å². The minimum atomic E-state index is 0.221. The van der Waals surface area contributed by atoms with Crippen LogP contribution in [0.4, 0.5) is 11.6 Å². The normalized spacial score (nSPS) is 12.3. The van der Waals surface area contributed by atoms with Gasteiger partial charge in [-0.2, -0.15) is 0 Å². The zero-order valence-electron chi connectivity index (χ0n) is 12.4. The maximum absolute atomic E-state index is 5.23. The number of aryl methyl sites for hydroxylation is 1. The van der Waals surface area contributed by atoms with E-state index in [1.54, 1.807) is 14.2 Å². The molecule has 0 fully saturated rings. The van der Waals surface area contributed by atoms with Gasteiger partial charge in [0, 0.05) is 33.9 Å². The van der Waals surface area contributed by atoms with Crippen molar-refractivity contribution in [2.45, 2.75) is 19.9 Å². The average molecular weight is 268 g/mol. The van der Waals surface area contributed by atoms with Gasteiger partial charge in [0.2, 0.25) is 0 Å². The number of nitrogens with one attached hydrogen (secondary N) is 1. The lowest BCUT2D eigenvalue weighted by Crippen LogP contribution is -2.39. The van der Waals surface area contributed by atoms with Crippen molar-refractivity contribution in [3.8, 4) is 0 Å². The maximum Gasteiger partial charge on any atom is 0.134 e. The standard InChI is InChI=1S/C13H24N4O2/c1-10(9-19-5)17(6-7-18-4)13-8-12(14-3)15-11(2)16-13/h8,10H,6-7,9H2,1-5H3,(H,14,15,16). The molecule has 1 aromatic heterocycles. The van der Waals surface area contributed by atoms with Gasteiger partial charge in [0.25, 0.3) is 0 Å². The minimum Gasteiger partial charge on any atom is -0.383 e. The molecule has 0 aliphatic rings. The van der Waals surface area contributed by atoms with Crippen LogP contribution in [0.1, 0.15) is 12.7 Å². The molecule has 0 saturated carbocycles. The highest BCUT2D eigenvalue weighted by Gasteiger charge is 2.16. The molecule has 1 unspecified atom stereocenters. The van der Waals surface area contributed by atoms with Gasteiger partial charge in [-0.3, -0.25) is 0 Å². The first-order valence-corrected chi connectivity index (χ1v) is 6.40. The molecule has 0 saturated heterocycles. The lowest BCUT2D eigenvalue weighted by atomic mass is 10.3. The van der Waals surface area contributed by atoms with E-state index in [4.69, 9.17) is 9.47 Å². The van der Waals surface area contributed by atoms with Crippen molar-refractivity contribution in [1.82, 2.24) is 9.97 Å². The van der Waals surface area contributed by atoms with Crippen LogP contribution in [0.5, 0.6) is 0 Å². The maximum atomic E-state index is 5.23. The van der Waals surface area contributed by atoms with E-state index in [1.165, 1.54) is 0 Å². The number of aromatic nitrogens is 2. The van der Waals surface area contributed by atoms with E-state index in [2.05, 4.69) is 27.1 Å². The molecule has 6 heteroatoms. The highest BCUT2D eigenvalue weighted by molar-refractivity contribution is 5.49. The molecule has 1 heterocycles. The summed E-state index contributed by atoms with van der Waals surface area (Å²) in [6.45, 7) is 6.05. The molecule has 108 valence electrons. The molecule has 0 aliphatic heterocycles. The predicted octanol–water partition coefficient (Wildman–Crippen LogP) is 1.31. The fraction of sp³-hybridized carbons (Fsp3) is 0.692. The molecular formula is C13H24N4O2. The second kappa shape index (κ2) is 7.91. The molecule has 0 aliphatic carbocycles. The topological polar surface area (TPSA) is 59.5 Å². The third-order valence-electron chi connectivity index (χ3n) is 2.85. The van der Waals surface area contributed by atoms with E-state index in [0.29, 0.717) is 13.2 Å². The quantitative estimate of drug-likeness (QED) is 0.767. The van der Waals surface area contributed by atoms with E-state index in [-0.39, 0.29) is 6.04 Å². The molecule has 1 atom stereocenters. The molecule has 0 radical (unpaired) electrons. The summed E-state index contributed by atoms with van der Waals surface area (Å²) in [7, 11) is 5.25. The number of rotatable bonds is 8. The smallest absolute Gasteiger partial charge is 0.134 e.